The first-order valence-electron chi connectivity index (χ1n) is 5.56. The standard InChI is InChI=1S/C13H18N2S/c1-10(14)7-15(2)8-11-9-16-13-6-4-3-5-12(11)13/h3-6,9-10H,7-8,14H2,1-2H3. The van der Waals surface area contributed by atoms with Crippen LogP contribution in [0, 0.1) is 0 Å². The summed E-state index contributed by atoms with van der Waals surface area (Å²) in [6, 6.07) is 8.80. The molecule has 1 unspecified atom stereocenters. The summed E-state index contributed by atoms with van der Waals surface area (Å²) in [5.41, 5.74) is 7.20. The lowest BCUT2D eigenvalue weighted by molar-refractivity contribution is 0.311. The first-order valence-corrected chi connectivity index (χ1v) is 6.44. The Labute approximate surface area is 101 Å². The summed E-state index contributed by atoms with van der Waals surface area (Å²) >= 11 is 1.82. The number of nitrogens with two attached hydrogens (primary N) is 1. The Morgan fingerprint density at radius 3 is 2.88 bits per heavy atom. The molecule has 0 aliphatic rings. The van der Waals surface area contributed by atoms with Gasteiger partial charge in [0.1, 0.15) is 0 Å². The van der Waals surface area contributed by atoms with Crippen molar-refractivity contribution in [2.24, 2.45) is 5.73 Å². The maximum atomic E-state index is 5.80. The minimum absolute atomic E-state index is 0.231. The van der Waals surface area contributed by atoms with E-state index >= 15 is 0 Å². The normalized spacial score (nSPS) is 13.5. The molecule has 0 bridgehead atoms. The third kappa shape index (κ3) is 2.61. The van der Waals surface area contributed by atoms with Crippen LogP contribution in [0.15, 0.2) is 29.6 Å². The first-order chi connectivity index (χ1) is 7.66. The molecule has 1 heterocycles. The zero-order valence-corrected chi connectivity index (χ0v) is 10.6. The van der Waals surface area contributed by atoms with Crippen LogP contribution in [-0.4, -0.2) is 24.5 Å². The van der Waals surface area contributed by atoms with Crippen LogP contribution >= 0.6 is 11.3 Å². The highest BCUT2D eigenvalue weighted by atomic mass is 32.1. The molecule has 1 atom stereocenters. The molecule has 2 aromatic rings. The van der Waals surface area contributed by atoms with Crippen molar-refractivity contribution in [3.63, 3.8) is 0 Å². The monoisotopic (exact) mass is 234 g/mol. The minimum atomic E-state index is 0.231. The molecule has 3 heteroatoms. The van der Waals surface area contributed by atoms with Gasteiger partial charge >= 0.3 is 0 Å². The van der Waals surface area contributed by atoms with Gasteiger partial charge in [0.25, 0.3) is 0 Å². The molecular weight excluding hydrogens is 216 g/mol. The number of rotatable bonds is 4. The Balaban J connectivity index is 2.15. The zero-order valence-electron chi connectivity index (χ0n) is 9.81. The lowest BCUT2D eigenvalue weighted by Gasteiger charge is -2.18. The second kappa shape index (κ2) is 4.95. The Bertz CT molecular complexity index is 462. The second-order valence-corrected chi connectivity index (χ2v) is 5.34. The van der Waals surface area contributed by atoms with E-state index in [4.69, 9.17) is 5.73 Å². The molecular formula is C13H18N2S. The van der Waals surface area contributed by atoms with Crippen molar-refractivity contribution in [3.8, 4) is 0 Å². The Morgan fingerprint density at radius 2 is 2.12 bits per heavy atom. The number of fused-ring (bicyclic) bond motifs is 1. The van der Waals surface area contributed by atoms with Crippen LogP contribution in [0.2, 0.25) is 0 Å². The third-order valence-electron chi connectivity index (χ3n) is 2.60. The van der Waals surface area contributed by atoms with Crippen molar-refractivity contribution in [3.05, 3.63) is 35.2 Å². The van der Waals surface area contributed by atoms with Gasteiger partial charge in [-0.2, -0.15) is 0 Å². The highest BCUT2D eigenvalue weighted by Gasteiger charge is 2.07. The van der Waals surface area contributed by atoms with E-state index in [1.165, 1.54) is 15.6 Å². The predicted molar refractivity (Wildman–Crippen MR) is 71.8 cm³/mol. The van der Waals surface area contributed by atoms with Crippen molar-refractivity contribution in [2.45, 2.75) is 19.5 Å². The van der Waals surface area contributed by atoms with Crippen molar-refractivity contribution >= 4 is 21.4 Å². The largest absolute Gasteiger partial charge is 0.327 e. The molecule has 0 fully saturated rings. The second-order valence-electron chi connectivity index (χ2n) is 4.43. The molecule has 0 spiro atoms. The van der Waals surface area contributed by atoms with E-state index in [0.29, 0.717) is 0 Å². The maximum Gasteiger partial charge on any atom is 0.0346 e. The molecule has 0 saturated heterocycles. The lowest BCUT2D eigenvalue weighted by atomic mass is 10.1. The van der Waals surface area contributed by atoms with Crippen LogP contribution in [0.4, 0.5) is 0 Å². The van der Waals surface area contributed by atoms with Gasteiger partial charge in [-0.25, -0.2) is 0 Å². The number of hydrogen-bond donors (Lipinski definition) is 1. The average Bonchev–Trinajstić information content (AvgIpc) is 2.61. The van der Waals surface area contributed by atoms with Gasteiger partial charge in [-0.15, -0.1) is 11.3 Å². The number of thiophene rings is 1. The summed E-state index contributed by atoms with van der Waals surface area (Å²) in [6.07, 6.45) is 0. The van der Waals surface area contributed by atoms with Crippen LogP contribution in [0.3, 0.4) is 0 Å². The van der Waals surface area contributed by atoms with Gasteiger partial charge in [0.2, 0.25) is 0 Å². The van der Waals surface area contributed by atoms with Crippen molar-refractivity contribution in [2.75, 3.05) is 13.6 Å². The zero-order chi connectivity index (χ0) is 11.5. The fourth-order valence-electron chi connectivity index (χ4n) is 2.00. The molecule has 2 N–H and O–H groups in total. The van der Waals surface area contributed by atoms with Crippen LogP contribution < -0.4 is 5.73 Å². The molecule has 0 radical (unpaired) electrons. The van der Waals surface area contributed by atoms with E-state index in [0.717, 1.165) is 13.1 Å². The van der Waals surface area contributed by atoms with E-state index in [-0.39, 0.29) is 6.04 Å². The molecule has 1 aromatic heterocycles. The van der Waals surface area contributed by atoms with Gasteiger partial charge in [-0.05, 0) is 36.4 Å². The molecule has 86 valence electrons. The van der Waals surface area contributed by atoms with Crippen LogP contribution in [0.25, 0.3) is 10.1 Å². The number of nitrogens with zero attached hydrogens (tertiary/aromatic N) is 1. The predicted octanol–water partition coefficient (Wildman–Crippen LogP) is 2.68. The maximum absolute atomic E-state index is 5.80. The summed E-state index contributed by atoms with van der Waals surface area (Å²) in [5, 5.41) is 3.63. The molecule has 2 rings (SSSR count). The van der Waals surface area contributed by atoms with Crippen molar-refractivity contribution < 1.29 is 0 Å². The third-order valence-corrected chi connectivity index (χ3v) is 3.61. The highest BCUT2D eigenvalue weighted by Crippen LogP contribution is 2.26. The van der Waals surface area contributed by atoms with E-state index in [2.05, 4.69) is 41.6 Å². The van der Waals surface area contributed by atoms with Gasteiger partial charge in [-0.1, -0.05) is 18.2 Å². The van der Waals surface area contributed by atoms with E-state index in [1.807, 2.05) is 18.3 Å². The van der Waals surface area contributed by atoms with E-state index in [1.54, 1.807) is 0 Å². The number of benzene rings is 1. The Morgan fingerprint density at radius 1 is 1.38 bits per heavy atom. The van der Waals surface area contributed by atoms with Crippen molar-refractivity contribution in [1.29, 1.82) is 0 Å². The molecule has 0 aliphatic carbocycles. The quantitative estimate of drug-likeness (QED) is 0.881. The van der Waals surface area contributed by atoms with Gasteiger partial charge < -0.3 is 10.6 Å². The summed E-state index contributed by atoms with van der Waals surface area (Å²) < 4.78 is 1.37. The smallest absolute Gasteiger partial charge is 0.0346 e. The first kappa shape index (κ1) is 11.6. The van der Waals surface area contributed by atoms with Crippen LogP contribution in [-0.2, 0) is 6.54 Å². The SMILES string of the molecule is CC(N)CN(C)Cc1csc2ccccc12. The summed E-state index contributed by atoms with van der Waals surface area (Å²) in [5.74, 6) is 0. The van der Waals surface area contributed by atoms with Crippen molar-refractivity contribution in [1.82, 2.24) is 4.90 Å². The average molecular weight is 234 g/mol. The van der Waals surface area contributed by atoms with E-state index in [9.17, 15) is 0 Å². The summed E-state index contributed by atoms with van der Waals surface area (Å²) in [7, 11) is 2.12. The molecule has 1 aromatic carbocycles. The molecule has 0 saturated carbocycles. The minimum Gasteiger partial charge on any atom is -0.327 e. The van der Waals surface area contributed by atoms with Gasteiger partial charge in [0, 0.05) is 23.8 Å². The fourth-order valence-corrected chi connectivity index (χ4v) is 2.96. The van der Waals surface area contributed by atoms with Gasteiger partial charge in [0.05, 0.1) is 0 Å². The highest BCUT2D eigenvalue weighted by molar-refractivity contribution is 7.17. The lowest BCUT2D eigenvalue weighted by Crippen LogP contribution is -2.32. The number of hydrogen-bond acceptors (Lipinski definition) is 3. The Hall–Kier alpha value is -0.900. The van der Waals surface area contributed by atoms with E-state index < -0.39 is 0 Å². The van der Waals surface area contributed by atoms with Crippen LogP contribution in [0.5, 0.6) is 0 Å². The molecule has 2 nitrogen and oxygen atoms in total. The summed E-state index contributed by atoms with van der Waals surface area (Å²) in [4.78, 5) is 2.28. The van der Waals surface area contributed by atoms with Gasteiger partial charge in [-0.3, -0.25) is 0 Å². The molecule has 16 heavy (non-hydrogen) atoms. The van der Waals surface area contributed by atoms with Gasteiger partial charge in [0.15, 0.2) is 0 Å². The molecule has 0 amide bonds. The number of likely N-dealkylation sites (N-methyl/N-ethyl adjacent to an activating group) is 1. The molecule has 0 aliphatic heterocycles. The van der Waals surface area contributed by atoms with Crippen LogP contribution in [0.1, 0.15) is 12.5 Å². The topological polar surface area (TPSA) is 29.3 Å². The fraction of sp³-hybridized carbons (Fsp3) is 0.385. The Kier molecular flexibility index (Phi) is 3.59. The summed E-state index contributed by atoms with van der Waals surface area (Å²) in [6.45, 7) is 3.96.